The average molecular weight is 781 g/mol. The van der Waals surface area contributed by atoms with Crippen LogP contribution in [0.3, 0.4) is 0 Å². The molecule has 4 saturated carbocycles. The molecule has 55 heavy (non-hydrogen) atoms. The van der Waals surface area contributed by atoms with Crippen molar-refractivity contribution in [3.8, 4) is 0 Å². The fraction of sp³-hybridized carbons (Fsp3) is 0.851. The van der Waals surface area contributed by atoms with Crippen LogP contribution in [0.2, 0.25) is 0 Å². The van der Waals surface area contributed by atoms with Gasteiger partial charge in [0.05, 0.1) is 23.0 Å². The van der Waals surface area contributed by atoms with Gasteiger partial charge in [-0.05, 0) is 167 Å². The second kappa shape index (κ2) is 14.7. The number of carbonyl (C=O) groups is 1. The number of carbonyl (C=O) groups excluding carboxylic acids is 1. The zero-order valence-electron chi connectivity index (χ0n) is 35.9. The van der Waals surface area contributed by atoms with Gasteiger partial charge in [0, 0.05) is 38.3 Å². The maximum Gasteiger partial charge on any atom is 0.312 e. The minimum atomic E-state index is -2.87. The summed E-state index contributed by atoms with van der Waals surface area (Å²) < 4.78 is 29.9. The van der Waals surface area contributed by atoms with Gasteiger partial charge in [-0.25, -0.2) is 8.42 Å². The molecule has 0 radical (unpaired) electrons. The van der Waals surface area contributed by atoms with Crippen LogP contribution in [-0.2, 0) is 19.4 Å². The van der Waals surface area contributed by atoms with Gasteiger partial charge >= 0.3 is 5.97 Å². The molecule has 8 heteroatoms. The highest BCUT2D eigenvalue weighted by Gasteiger charge is 2.70. The van der Waals surface area contributed by atoms with Crippen LogP contribution in [0.15, 0.2) is 35.5 Å². The predicted octanol–water partition coefficient (Wildman–Crippen LogP) is 8.68. The lowest BCUT2D eigenvalue weighted by atomic mass is 9.33. The zero-order valence-corrected chi connectivity index (χ0v) is 36.7. The molecule has 10 atom stereocenters. The minimum Gasteiger partial charge on any atom is -0.463 e. The first-order valence-corrected chi connectivity index (χ1v) is 24.1. The second-order valence-electron chi connectivity index (χ2n) is 21.4. The first-order valence-electron chi connectivity index (χ1n) is 22.3. The van der Waals surface area contributed by atoms with Crippen LogP contribution >= 0.6 is 0 Å². The fourth-order valence-electron chi connectivity index (χ4n) is 15.3. The maximum atomic E-state index is 13.3. The highest BCUT2D eigenvalue weighted by atomic mass is 32.2. The lowest BCUT2D eigenvalue weighted by Gasteiger charge is -2.72. The van der Waals surface area contributed by atoms with Crippen molar-refractivity contribution in [1.29, 1.82) is 0 Å². The highest BCUT2D eigenvalue weighted by molar-refractivity contribution is 7.91. The molecule has 0 bridgehead atoms. The molecule has 0 spiro atoms. The van der Waals surface area contributed by atoms with Crippen molar-refractivity contribution >= 4 is 15.8 Å². The van der Waals surface area contributed by atoms with Gasteiger partial charge in [-0.3, -0.25) is 4.79 Å². The van der Waals surface area contributed by atoms with E-state index in [4.69, 9.17) is 4.74 Å². The average Bonchev–Trinajstić information content (AvgIpc) is 3.49. The Hall–Kier alpha value is -1.48. The minimum absolute atomic E-state index is 0.00557. The Morgan fingerprint density at radius 1 is 0.945 bits per heavy atom. The number of esters is 1. The number of allylic oxidation sites excluding steroid dienone is 5. The Morgan fingerprint density at radius 2 is 1.67 bits per heavy atom. The molecule has 1 heterocycles. The molecular weight excluding hydrogens is 705 g/mol. The number of fused-ring (bicyclic) bond motifs is 7. The molecule has 1 saturated heterocycles. The van der Waals surface area contributed by atoms with Crippen molar-refractivity contribution < 1.29 is 23.1 Å². The van der Waals surface area contributed by atoms with E-state index in [1.54, 1.807) is 0 Å². The molecule has 0 aromatic rings. The van der Waals surface area contributed by atoms with Gasteiger partial charge in [-0.2, -0.15) is 0 Å². The van der Waals surface area contributed by atoms with Crippen LogP contribution < -0.4 is 5.32 Å². The monoisotopic (exact) mass is 781 g/mol. The van der Waals surface area contributed by atoms with Crippen molar-refractivity contribution in [3.63, 3.8) is 0 Å². The van der Waals surface area contributed by atoms with E-state index in [9.17, 15) is 18.3 Å². The van der Waals surface area contributed by atoms with E-state index in [0.29, 0.717) is 67.0 Å². The number of nitrogens with one attached hydrogen (secondary N) is 1. The summed E-state index contributed by atoms with van der Waals surface area (Å²) in [7, 11) is -2.87. The van der Waals surface area contributed by atoms with E-state index in [-0.39, 0.29) is 45.9 Å². The van der Waals surface area contributed by atoms with Crippen molar-refractivity contribution in [2.45, 2.75) is 151 Å². The van der Waals surface area contributed by atoms with E-state index in [1.807, 2.05) is 13.8 Å². The van der Waals surface area contributed by atoms with E-state index < -0.39 is 15.3 Å². The second-order valence-corrected chi connectivity index (χ2v) is 23.8. The summed E-state index contributed by atoms with van der Waals surface area (Å²) in [5.41, 5.74) is 4.69. The molecule has 5 fully saturated rings. The Labute approximate surface area is 334 Å². The van der Waals surface area contributed by atoms with Crippen LogP contribution in [0.1, 0.15) is 139 Å². The van der Waals surface area contributed by atoms with Gasteiger partial charge in [-0.1, -0.05) is 58.9 Å². The third kappa shape index (κ3) is 6.79. The number of sulfone groups is 1. The molecule has 2 N–H and O–H groups in total. The molecule has 0 amide bonds. The summed E-state index contributed by atoms with van der Waals surface area (Å²) in [4.78, 5) is 15.7. The van der Waals surface area contributed by atoms with Crippen LogP contribution in [0.5, 0.6) is 0 Å². The number of nitrogens with zero attached hydrogens (tertiary/aromatic N) is 1. The number of hydrogen-bond donors (Lipinski definition) is 2. The third-order valence-electron chi connectivity index (χ3n) is 18.3. The highest BCUT2D eigenvalue weighted by Crippen LogP contribution is 2.76. The number of aliphatic hydroxyl groups excluding tert-OH is 1. The van der Waals surface area contributed by atoms with E-state index in [0.717, 1.165) is 32.4 Å². The molecule has 0 aromatic carbocycles. The summed E-state index contributed by atoms with van der Waals surface area (Å²) >= 11 is 0. The molecule has 0 aromatic heterocycles. The molecule has 7 rings (SSSR count). The molecule has 7 nitrogen and oxygen atoms in total. The molecule has 310 valence electrons. The largest absolute Gasteiger partial charge is 0.463 e. The first kappa shape index (κ1) is 41.7. The number of aliphatic hydroxyl groups is 1. The summed E-state index contributed by atoms with van der Waals surface area (Å²) in [6.45, 7) is 27.1. The fourth-order valence-corrected chi connectivity index (χ4v) is 16.5. The maximum absolute atomic E-state index is 13.3. The van der Waals surface area contributed by atoms with Crippen LogP contribution in [0.25, 0.3) is 0 Å². The number of rotatable bonds is 10. The van der Waals surface area contributed by atoms with Crippen molar-refractivity contribution in [1.82, 2.24) is 10.2 Å². The lowest BCUT2D eigenvalue weighted by molar-refractivity contribution is -0.221. The third-order valence-corrected chi connectivity index (χ3v) is 19.9. The standard InChI is InChI=1S/C47H76N2O5S/c1-32(2)35-14-21-47(48-25-26-49-27-30-55(52,53)31-28-49)23-22-44(8)37(40(35)47)10-11-39-43(7)17-15-36(42(5,6)38(43)16-18-45(39,44)9)34-12-19-46(20-13-34,24-29-50)41(51)54-33(3)4/h12,15,33,35,37-40,48,50H,1,10-11,13-14,16-31H2,2-9H3/t35-,37+,38-,39+,40+,43-,44+,45+,46?,47-/m0/s1. The lowest BCUT2D eigenvalue weighted by Crippen LogP contribution is -2.68. The zero-order chi connectivity index (χ0) is 39.8. The molecule has 6 aliphatic carbocycles. The van der Waals surface area contributed by atoms with Crippen molar-refractivity contribution in [2.24, 2.45) is 56.7 Å². The van der Waals surface area contributed by atoms with Gasteiger partial charge in [0.2, 0.25) is 0 Å². The van der Waals surface area contributed by atoms with E-state index >= 15 is 0 Å². The summed E-state index contributed by atoms with van der Waals surface area (Å²) in [6.07, 6.45) is 18.8. The Morgan fingerprint density at radius 3 is 2.31 bits per heavy atom. The van der Waals surface area contributed by atoms with Crippen molar-refractivity contribution in [3.05, 3.63) is 35.5 Å². The van der Waals surface area contributed by atoms with Gasteiger partial charge < -0.3 is 20.1 Å². The van der Waals surface area contributed by atoms with Crippen molar-refractivity contribution in [2.75, 3.05) is 44.3 Å². The van der Waals surface area contributed by atoms with Crippen LogP contribution in [0, 0.1) is 56.7 Å². The van der Waals surface area contributed by atoms with Gasteiger partial charge in [0.15, 0.2) is 9.84 Å². The predicted molar refractivity (Wildman–Crippen MR) is 223 cm³/mol. The topological polar surface area (TPSA) is 95.9 Å². The number of hydrogen-bond acceptors (Lipinski definition) is 7. The molecule has 1 unspecified atom stereocenters. The van der Waals surface area contributed by atoms with Gasteiger partial charge in [-0.15, -0.1) is 0 Å². The molecule has 1 aliphatic heterocycles. The van der Waals surface area contributed by atoms with Crippen LogP contribution in [-0.4, -0.2) is 80.3 Å². The Balaban J connectivity index is 1.12. The van der Waals surface area contributed by atoms with Gasteiger partial charge in [0.1, 0.15) is 0 Å². The van der Waals surface area contributed by atoms with E-state index in [1.165, 1.54) is 68.1 Å². The molecule has 7 aliphatic rings. The smallest absolute Gasteiger partial charge is 0.312 e. The Bertz CT molecular complexity index is 1670. The van der Waals surface area contributed by atoms with Gasteiger partial charge in [0.25, 0.3) is 0 Å². The Kier molecular flexibility index (Phi) is 11.1. The number of ether oxygens (including phenoxy) is 1. The summed E-state index contributed by atoms with van der Waals surface area (Å²) in [6, 6.07) is 0. The SMILES string of the molecule is C=C(C)[C@@H]1CC[C@]2(NCCN3CCS(=O)(=O)CC3)CC[C@]3(C)[C@H](CC[C@@H]4[C@@]5(C)CC=C(C6=CCC(CCO)(C(=O)OC(C)C)CC6)C(C)(C)[C@@H]5CC[C@]43C)[C@@H]12. The summed E-state index contributed by atoms with van der Waals surface area (Å²) in [5, 5.41) is 14.2. The quantitative estimate of drug-likeness (QED) is 0.169. The van der Waals surface area contributed by atoms with Crippen LogP contribution in [0.4, 0.5) is 0 Å². The first-order chi connectivity index (χ1) is 25.8. The normalized spacial score (nSPS) is 43.6. The van der Waals surface area contributed by atoms with E-state index in [2.05, 4.69) is 70.5 Å². The molecular formula is C47H76N2O5S. The summed E-state index contributed by atoms with van der Waals surface area (Å²) in [5.74, 6) is 3.59.